The summed E-state index contributed by atoms with van der Waals surface area (Å²) in [6, 6.07) is 5.78. The zero-order chi connectivity index (χ0) is 20.1. The molecule has 4 heterocycles. The van der Waals surface area contributed by atoms with Gasteiger partial charge in [-0.05, 0) is 12.1 Å². The topological polar surface area (TPSA) is 118 Å². The largest absolute Gasteiger partial charge is 0.455 e. The van der Waals surface area contributed by atoms with Gasteiger partial charge in [0.2, 0.25) is 5.78 Å². The molecule has 1 amide bonds. The van der Waals surface area contributed by atoms with Crippen LogP contribution in [0.1, 0.15) is 51.5 Å². The van der Waals surface area contributed by atoms with Gasteiger partial charge in [0.25, 0.3) is 5.89 Å². The minimum atomic E-state index is -0.919. The highest BCUT2D eigenvalue weighted by Gasteiger charge is 2.40. The van der Waals surface area contributed by atoms with Crippen LogP contribution >= 0.6 is 0 Å². The number of amides is 1. The monoisotopic (exact) mass is 395 g/mol. The standard InChI is InChI=1S/C19H14FN5O4/c1-9(26)17-23-24-18(29-17)19(27)25-7-6-11-14(22-8-21-11)15(25)16-13(20)10-4-2-3-5-12(10)28-16/h2-5,8,15H,6-7H2,1H3,(H,21,22)/t15-/m0/s1. The Hall–Kier alpha value is -3.82. The Morgan fingerprint density at radius 1 is 1.21 bits per heavy atom. The van der Waals surface area contributed by atoms with Gasteiger partial charge in [-0.1, -0.05) is 12.1 Å². The van der Waals surface area contributed by atoms with Crippen LogP contribution in [0.4, 0.5) is 4.39 Å². The van der Waals surface area contributed by atoms with Crippen LogP contribution in [-0.2, 0) is 6.42 Å². The first kappa shape index (κ1) is 17.3. The van der Waals surface area contributed by atoms with E-state index in [9.17, 15) is 9.59 Å². The maximum absolute atomic E-state index is 15.2. The quantitative estimate of drug-likeness (QED) is 0.530. The average molecular weight is 395 g/mol. The van der Waals surface area contributed by atoms with Gasteiger partial charge in [-0.15, -0.1) is 10.2 Å². The van der Waals surface area contributed by atoms with Crippen LogP contribution in [0.2, 0.25) is 0 Å². The Labute approximate surface area is 162 Å². The van der Waals surface area contributed by atoms with E-state index in [1.807, 2.05) is 0 Å². The van der Waals surface area contributed by atoms with Gasteiger partial charge < -0.3 is 18.7 Å². The minimum absolute atomic E-state index is 0.0288. The fourth-order valence-electron chi connectivity index (χ4n) is 3.54. The average Bonchev–Trinajstić information content (AvgIpc) is 3.46. The van der Waals surface area contributed by atoms with E-state index in [0.29, 0.717) is 23.1 Å². The third-order valence-corrected chi connectivity index (χ3v) is 4.90. The summed E-state index contributed by atoms with van der Waals surface area (Å²) in [7, 11) is 0. The predicted octanol–water partition coefficient (Wildman–Crippen LogP) is 2.67. The SMILES string of the molecule is CC(=O)c1nnc(C(=O)N2CCc3[nH]cnc3[C@H]2c2oc3ccccc3c2F)o1. The summed E-state index contributed by atoms with van der Waals surface area (Å²) in [5.41, 5.74) is 1.63. The number of hydrogen-bond acceptors (Lipinski definition) is 7. The number of nitrogens with zero attached hydrogens (tertiary/aromatic N) is 4. The van der Waals surface area contributed by atoms with Gasteiger partial charge in [-0.3, -0.25) is 9.59 Å². The van der Waals surface area contributed by atoms with Crippen LogP contribution in [-0.4, -0.2) is 43.3 Å². The first-order chi connectivity index (χ1) is 14.0. The van der Waals surface area contributed by atoms with E-state index in [1.165, 1.54) is 18.2 Å². The number of para-hydroxylation sites is 1. The van der Waals surface area contributed by atoms with E-state index in [1.54, 1.807) is 24.3 Å². The number of Topliss-reactive ketones (excluding diaryl/α,β-unsaturated/α-hetero) is 1. The lowest BCUT2D eigenvalue weighted by Crippen LogP contribution is -2.41. The van der Waals surface area contributed by atoms with Crippen molar-refractivity contribution in [1.82, 2.24) is 25.1 Å². The molecule has 5 rings (SSSR count). The molecule has 0 fully saturated rings. The molecule has 0 unspecified atom stereocenters. The molecular formula is C19H14FN5O4. The lowest BCUT2D eigenvalue weighted by molar-refractivity contribution is 0.0625. The fraction of sp³-hybridized carbons (Fsp3) is 0.211. The Morgan fingerprint density at radius 3 is 2.76 bits per heavy atom. The number of imidazole rings is 1. The van der Waals surface area contributed by atoms with Gasteiger partial charge >= 0.3 is 11.8 Å². The van der Waals surface area contributed by atoms with Gasteiger partial charge in [0, 0.05) is 25.6 Å². The van der Waals surface area contributed by atoms with Crippen molar-refractivity contribution in [3.8, 4) is 0 Å². The number of carbonyl (C=O) groups excluding carboxylic acids is 2. The number of carbonyl (C=O) groups is 2. The lowest BCUT2D eigenvalue weighted by Gasteiger charge is -2.32. The van der Waals surface area contributed by atoms with Crippen molar-refractivity contribution in [3.63, 3.8) is 0 Å². The smallest absolute Gasteiger partial charge is 0.312 e. The second-order valence-electron chi connectivity index (χ2n) is 6.66. The molecule has 1 N–H and O–H groups in total. The summed E-state index contributed by atoms with van der Waals surface area (Å²) >= 11 is 0. The van der Waals surface area contributed by atoms with Crippen LogP contribution in [0.3, 0.4) is 0 Å². The van der Waals surface area contributed by atoms with Gasteiger partial charge in [-0.25, -0.2) is 9.37 Å². The molecule has 0 bridgehead atoms. The van der Waals surface area contributed by atoms with Crippen molar-refractivity contribution >= 4 is 22.7 Å². The number of rotatable bonds is 3. The molecule has 1 aliphatic rings. The molecular weight excluding hydrogens is 381 g/mol. The summed E-state index contributed by atoms with van der Waals surface area (Å²) < 4.78 is 26.2. The molecule has 0 spiro atoms. The van der Waals surface area contributed by atoms with Crippen molar-refractivity contribution in [2.24, 2.45) is 0 Å². The molecule has 3 aromatic heterocycles. The number of halogens is 1. The van der Waals surface area contributed by atoms with Gasteiger partial charge in [0.1, 0.15) is 11.6 Å². The molecule has 9 nitrogen and oxygen atoms in total. The zero-order valence-electron chi connectivity index (χ0n) is 15.2. The van der Waals surface area contributed by atoms with Crippen molar-refractivity contribution < 1.29 is 22.8 Å². The summed E-state index contributed by atoms with van der Waals surface area (Å²) in [4.78, 5) is 33.2. The maximum atomic E-state index is 15.2. The Bertz CT molecular complexity index is 1260. The molecule has 4 aromatic rings. The van der Waals surface area contributed by atoms with Crippen molar-refractivity contribution in [1.29, 1.82) is 0 Å². The highest BCUT2D eigenvalue weighted by Crippen LogP contribution is 2.39. The molecule has 0 radical (unpaired) electrons. The van der Waals surface area contributed by atoms with Crippen molar-refractivity contribution in [3.05, 3.63) is 65.3 Å². The molecule has 0 aliphatic carbocycles. The number of aromatic amines is 1. The second-order valence-corrected chi connectivity index (χ2v) is 6.66. The Balaban J connectivity index is 1.63. The summed E-state index contributed by atoms with van der Waals surface area (Å²) in [5.74, 6) is -2.30. The molecule has 146 valence electrons. The summed E-state index contributed by atoms with van der Waals surface area (Å²) in [6.07, 6.45) is 1.97. The number of hydrogen-bond donors (Lipinski definition) is 1. The summed E-state index contributed by atoms with van der Waals surface area (Å²) in [5, 5.41) is 7.57. The second kappa shape index (κ2) is 6.36. The number of aromatic nitrogens is 4. The van der Waals surface area contributed by atoms with Crippen LogP contribution in [0.25, 0.3) is 11.0 Å². The van der Waals surface area contributed by atoms with E-state index in [4.69, 9.17) is 8.83 Å². The third kappa shape index (κ3) is 2.64. The number of H-pyrrole nitrogens is 1. The van der Waals surface area contributed by atoms with Crippen molar-refractivity contribution in [2.45, 2.75) is 19.4 Å². The van der Waals surface area contributed by atoms with E-state index in [-0.39, 0.29) is 24.1 Å². The first-order valence-electron chi connectivity index (χ1n) is 8.89. The third-order valence-electron chi connectivity index (χ3n) is 4.90. The fourth-order valence-corrected chi connectivity index (χ4v) is 3.54. The highest BCUT2D eigenvalue weighted by atomic mass is 19.1. The molecule has 0 saturated carbocycles. The van der Waals surface area contributed by atoms with Crippen LogP contribution in [0, 0.1) is 5.82 Å². The Morgan fingerprint density at radius 2 is 2.00 bits per heavy atom. The first-order valence-corrected chi connectivity index (χ1v) is 8.89. The zero-order valence-corrected chi connectivity index (χ0v) is 15.2. The maximum Gasteiger partial charge on any atom is 0.312 e. The Kier molecular flexibility index (Phi) is 3.79. The molecule has 1 aliphatic heterocycles. The van der Waals surface area contributed by atoms with E-state index >= 15 is 4.39 Å². The van der Waals surface area contributed by atoms with E-state index < -0.39 is 23.5 Å². The number of fused-ring (bicyclic) bond motifs is 2. The van der Waals surface area contributed by atoms with Crippen LogP contribution in [0.15, 0.2) is 39.4 Å². The number of benzene rings is 1. The van der Waals surface area contributed by atoms with Gasteiger partial charge in [0.05, 0.1) is 17.4 Å². The van der Waals surface area contributed by atoms with Crippen molar-refractivity contribution in [2.75, 3.05) is 6.54 Å². The number of nitrogens with one attached hydrogen (secondary N) is 1. The minimum Gasteiger partial charge on any atom is -0.455 e. The molecule has 0 saturated heterocycles. The lowest BCUT2D eigenvalue weighted by atomic mass is 9.99. The van der Waals surface area contributed by atoms with Crippen LogP contribution < -0.4 is 0 Å². The van der Waals surface area contributed by atoms with E-state index in [2.05, 4.69) is 20.2 Å². The molecule has 10 heteroatoms. The summed E-state index contributed by atoms with van der Waals surface area (Å²) in [6.45, 7) is 1.50. The normalized spacial score (nSPS) is 16.2. The van der Waals surface area contributed by atoms with E-state index in [0.717, 1.165) is 5.69 Å². The number of furan rings is 1. The molecule has 1 atom stereocenters. The number of ketones is 1. The predicted molar refractivity (Wildman–Crippen MR) is 95.6 cm³/mol. The van der Waals surface area contributed by atoms with Gasteiger partial charge in [-0.2, -0.15) is 0 Å². The highest BCUT2D eigenvalue weighted by molar-refractivity contribution is 5.93. The molecule has 1 aromatic carbocycles. The van der Waals surface area contributed by atoms with Gasteiger partial charge in [0.15, 0.2) is 11.6 Å². The molecule has 29 heavy (non-hydrogen) atoms. The van der Waals surface area contributed by atoms with Crippen LogP contribution in [0.5, 0.6) is 0 Å².